The Morgan fingerprint density at radius 1 is 1.04 bits per heavy atom. The predicted molar refractivity (Wildman–Crippen MR) is 93.0 cm³/mol. The van der Waals surface area contributed by atoms with E-state index in [1.54, 1.807) is 25.1 Å². The Kier molecular flexibility index (Phi) is 5.89. The zero-order valence-corrected chi connectivity index (χ0v) is 14.6. The van der Waals surface area contributed by atoms with Gasteiger partial charge in [-0.05, 0) is 42.5 Å². The summed E-state index contributed by atoms with van der Waals surface area (Å²) in [6.45, 7) is 1.96. The zero-order chi connectivity index (χ0) is 18.4. The van der Waals surface area contributed by atoms with Gasteiger partial charge in [-0.25, -0.2) is 17.9 Å². The molecular weight excluding hydrogens is 344 g/mol. The quantitative estimate of drug-likeness (QED) is 0.766. The Balaban J connectivity index is 2.15. The molecule has 0 heterocycles. The summed E-state index contributed by atoms with van der Waals surface area (Å²) in [6.07, 6.45) is 0. The van der Waals surface area contributed by atoms with E-state index in [9.17, 15) is 18.0 Å². The first-order valence-corrected chi connectivity index (χ1v) is 8.95. The smallest absolute Gasteiger partial charge is 0.337 e. The largest absolute Gasteiger partial charge is 0.465 e. The minimum atomic E-state index is -3.56. The van der Waals surface area contributed by atoms with Gasteiger partial charge in [0.2, 0.25) is 10.0 Å². The van der Waals surface area contributed by atoms with Gasteiger partial charge in [-0.1, -0.05) is 13.0 Å². The number of anilines is 1. The summed E-state index contributed by atoms with van der Waals surface area (Å²) in [5.74, 6) is -0.927. The summed E-state index contributed by atoms with van der Waals surface area (Å²) in [5.41, 5.74) is 1.03. The number of ether oxygens (including phenoxy) is 1. The molecule has 2 rings (SSSR count). The standard InChI is InChI=1S/C17H18N2O5S/c1-3-18-25(22,23)15-9-7-12(8-10-15)16(20)19-14-6-4-5-13(11-14)17(21)24-2/h4-11,18H,3H2,1-2H3,(H,19,20). The topological polar surface area (TPSA) is 102 Å². The van der Waals surface area contributed by atoms with Gasteiger partial charge in [0.15, 0.2) is 0 Å². The summed E-state index contributed by atoms with van der Waals surface area (Å²) in [7, 11) is -2.29. The number of rotatable bonds is 6. The van der Waals surface area contributed by atoms with Crippen LogP contribution in [-0.4, -0.2) is 33.9 Å². The normalized spacial score (nSPS) is 11.0. The third-order valence-corrected chi connectivity index (χ3v) is 4.86. The summed E-state index contributed by atoms with van der Waals surface area (Å²) < 4.78 is 30.8. The maximum Gasteiger partial charge on any atom is 0.337 e. The number of carbonyl (C=O) groups is 2. The van der Waals surface area contributed by atoms with E-state index in [1.807, 2.05) is 0 Å². The fraction of sp³-hybridized carbons (Fsp3) is 0.176. The number of hydrogen-bond acceptors (Lipinski definition) is 5. The Bertz CT molecular complexity index is 876. The molecule has 0 aliphatic heterocycles. The highest BCUT2D eigenvalue weighted by Crippen LogP contribution is 2.15. The first-order chi connectivity index (χ1) is 11.9. The van der Waals surface area contributed by atoms with E-state index in [0.29, 0.717) is 16.8 Å². The van der Waals surface area contributed by atoms with Crippen LogP contribution in [0, 0.1) is 0 Å². The number of carbonyl (C=O) groups excluding carboxylic acids is 2. The fourth-order valence-electron chi connectivity index (χ4n) is 2.10. The average Bonchev–Trinajstić information content (AvgIpc) is 2.61. The van der Waals surface area contributed by atoms with Gasteiger partial charge in [0.05, 0.1) is 17.6 Å². The highest BCUT2D eigenvalue weighted by molar-refractivity contribution is 7.89. The van der Waals surface area contributed by atoms with E-state index in [4.69, 9.17) is 0 Å². The van der Waals surface area contributed by atoms with Crippen LogP contribution in [0.1, 0.15) is 27.6 Å². The molecule has 0 aliphatic rings. The third-order valence-electron chi connectivity index (χ3n) is 3.30. The molecule has 2 aromatic carbocycles. The molecule has 0 fully saturated rings. The van der Waals surface area contributed by atoms with Gasteiger partial charge >= 0.3 is 5.97 Å². The van der Waals surface area contributed by atoms with Crippen molar-refractivity contribution in [1.29, 1.82) is 0 Å². The lowest BCUT2D eigenvalue weighted by Gasteiger charge is -2.08. The van der Waals surface area contributed by atoms with Crippen molar-refractivity contribution in [3.8, 4) is 0 Å². The molecular formula is C17H18N2O5S. The van der Waals surface area contributed by atoms with Crippen molar-refractivity contribution < 1.29 is 22.7 Å². The van der Waals surface area contributed by atoms with Crippen molar-refractivity contribution in [1.82, 2.24) is 4.72 Å². The SMILES string of the molecule is CCNS(=O)(=O)c1ccc(C(=O)Nc2cccc(C(=O)OC)c2)cc1. The highest BCUT2D eigenvalue weighted by Gasteiger charge is 2.14. The molecule has 25 heavy (non-hydrogen) atoms. The molecule has 7 nitrogen and oxygen atoms in total. The van der Waals surface area contributed by atoms with E-state index >= 15 is 0 Å². The van der Waals surface area contributed by atoms with Crippen molar-refractivity contribution in [2.24, 2.45) is 0 Å². The number of nitrogens with one attached hydrogen (secondary N) is 2. The number of amides is 1. The molecule has 0 aromatic heterocycles. The number of benzene rings is 2. The molecule has 0 radical (unpaired) electrons. The molecule has 0 saturated heterocycles. The van der Waals surface area contributed by atoms with Gasteiger partial charge in [-0.3, -0.25) is 4.79 Å². The average molecular weight is 362 g/mol. The molecule has 2 aromatic rings. The molecule has 0 saturated carbocycles. The summed E-state index contributed by atoms with van der Waals surface area (Å²) in [5, 5.41) is 2.65. The Labute approximate surface area is 146 Å². The number of esters is 1. The molecule has 1 amide bonds. The lowest BCUT2D eigenvalue weighted by molar-refractivity contribution is 0.0600. The fourth-order valence-corrected chi connectivity index (χ4v) is 3.14. The lowest BCUT2D eigenvalue weighted by Crippen LogP contribution is -2.23. The van der Waals surface area contributed by atoms with Crippen molar-refractivity contribution in [3.05, 3.63) is 59.7 Å². The number of sulfonamides is 1. The number of hydrogen-bond donors (Lipinski definition) is 2. The highest BCUT2D eigenvalue weighted by atomic mass is 32.2. The molecule has 0 aliphatic carbocycles. The summed E-state index contributed by atoms with van der Waals surface area (Å²) in [6, 6.07) is 11.9. The summed E-state index contributed by atoms with van der Waals surface area (Å²) in [4.78, 5) is 23.8. The van der Waals surface area contributed by atoms with Crippen LogP contribution in [0.5, 0.6) is 0 Å². The van der Waals surface area contributed by atoms with Crippen LogP contribution in [-0.2, 0) is 14.8 Å². The zero-order valence-electron chi connectivity index (χ0n) is 13.8. The van der Waals surface area contributed by atoms with Crippen LogP contribution >= 0.6 is 0 Å². The second-order valence-corrected chi connectivity index (χ2v) is 6.82. The maximum absolute atomic E-state index is 12.3. The van der Waals surface area contributed by atoms with Crippen molar-refractivity contribution in [3.63, 3.8) is 0 Å². The monoisotopic (exact) mass is 362 g/mol. The van der Waals surface area contributed by atoms with E-state index in [0.717, 1.165) is 0 Å². The number of methoxy groups -OCH3 is 1. The lowest BCUT2D eigenvalue weighted by atomic mass is 10.1. The first-order valence-electron chi connectivity index (χ1n) is 7.47. The third kappa shape index (κ3) is 4.65. The second kappa shape index (κ2) is 7.91. The molecule has 0 bridgehead atoms. The van der Waals surface area contributed by atoms with Gasteiger partial charge in [0, 0.05) is 17.8 Å². The van der Waals surface area contributed by atoms with E-state index in [1.165, 1.54) is 37.4 Å². The first kappa shape index (κ1) is 18.6. The van der Waals surface area contributed by atoms with Crippen LogP contribution < -0.4 is 10.0 Å². The van der Waals surface area contributed by atoms with Crippen molar-refractivity contribution >= 4 is 27.6 Å². The van der Waals surface area contributed by atoms with Gasteiger partial charge in [-0.2, -0.15) is 0 Å². The van der Waals surface area contributed by atoms with E-state index in [2.05, 4.69) is 14.8 Å². The molecule has 0 atom stereocenters. The maximum atomic E-state index is 12.3. The second-order valence-electron chi connectivity index (χ2n) is 5.05. The van der Waals surface area contributed by atoms with E-state index < -0.39 is 21.9 Å². The van der Waals surface area contributed by atoms with Crippen LogP contribution in [0.4, 0.5) is 5.69 Å². The van der Waals surface area contributed by atoms with Gasteiger partial charge < -0.3 is 10.1 Å². The minimum absolute atomic E-state index is 0.0820. The van der Waals surface area contributed by atoms with Crippen LogP contribution in [0.15, 0.2) is 53.4 Å². The van der Waals surface area contributed by atoms with Crippen LogP contribution in [0.25, 0.3) is 0 Å². The van der Waals surface area contributed by atoms with Crippen LogP contribution in [0.3, 0.4) is 0 Å². The van der Waals surface area contributed by atoms with Gasteiger partial charge in [0.1, 0.15) is 0 Å². The Morgan fingerprint density at radius 3 is 2.32 bits per heavy atom. The Morgan fingerprint density at radius 2 is 1.72 bits per heavy atom. The molecule has 2 N–H and O–H groups in total. The molecule has 132 valence electrons. The van der Waals surface area contributed by atoms with Crippen LogP contribution in [0.2, 0.25) is 0 Å². The predicted octanol–water partition coefficient (Wildman–Crippen LogP) is 2.02. The Hall–Kier alpha value is -2.71. The minimum Gasteiger partial charge on any atom is -0.465 e. The molecule has 0 spiro atoms. The van der Waals surface area contributed by atoms with Crippen molar-refractivity contribution in [2.45, 2.75) is 11.8 Å². The van der Waals surface area contributed by atoms with Gasteiger partial charge in [-0.15, -0.1) is 0 Å². The summed E-state index contributed by atoms with van der Waals surface area (Å²) >= 11 is 0. The van der Waals surface area contributed by atoms with Gasteiger partial charge in [0.25, 0.3) is 5.91 Å². The van der Waals surface area contributed by atoms with Crippen molar-refractivity contribution in [2.75, 3.05) is 19.0 Å². The molecule has 0 unspecified atom stereocenters. The molecule has 8 heteroatoms. The van der Waals surface area contributed by atoms with E-state index in [-0.39, 0.29) is 11.4 Å².